The lowest BCUT2D eigenvalue weighted by atomic mass is 10.2. The number of hydrogen-bond donors (Lipinski definition) is 2. The van der Waals surface area contributed by atoms with Gasteiger partial charge in [0.05, 0.1) is 20.5 Å². The molecule has 2 aromatic heterocycles. The molecule has 1 aromatic carbocycles. The first-order valence-electron chi connectivity index (χ1n) is 7.83. The van der Waals surface area contributed by atoms with Gasteiger partial charge in [-0.05, 0) is 42.0 Å². The van der Waals surface area contributed by atoms with Gasteiger partial charge in [-0.25, -0.2) is 0 Å². The molecule has 0 unspecified atom stereocenters. The standard InChI is InChI=1S/C18H18N4O4/c1-24-13-6-5-12(10-15(13)25-2)11-19-16-7-8-17(22-21-16)20-18(23)14-4-3-9-26-14/h3-10H,11H2,1-2H3,(H,19,21)(H,20,22,23). The SMILES string of the molecule is COc1ccc(CNc2ccc(NC(=O)c3ccco3)nn2)cc1OC. The highest BCUT2D eigenvalue weighted by atomic mass is 16.5. The number of benzene rings is 1. The number of nitrogens with zero attached hydrogens (tertiary/aromatic N) is 2. The van der Waals surface area contributed by atoms with Crippen molar-refractivity contribution < 1.29 is 18.7 Å². The number of carbonyl (C=O) groups is 1. The van der Waals surface area contributed by atoms with Crippen molar-refractivity contribution in [2.24, 2.45) is 0 Å². The zero-order valence-corrected chi connectivity index (χ0v) is 14.4. The van der Waals surface area contributed by atoms with Crippen LogP contribution in [0.3, 0.4) is 0 Å². The van der Waals surface area contributed by atoms with Gasteiger partial charge in [0, 0.05) is 6.54 Å². The molecule has 0 aliphatic heterocycles. The van der Waals surface area contributed by atoms with E-state index in [0.717, 1.165) is 5.56 Å². The van der Waals surface area contributed by atoms with Crippen LogP contribution in [0.1, 0.15) is 16.1 Å². The number of carbonyl (C=O) groups excluding carboxylic acids is 1. The van der Waals surface area contributed by atoms with Gasteiger partial charge in [0.15, 0.2) is 23.1 Å². The molecule has 2 N–H and O–H groups in total. The second-order valence-corrected chi connectivity index (χ2v) is 5.28. The summed E-state index contributed by atoms with van der Waals surface area (Å²) in [4.78, 5) is 11.9. The Morgan fingerprint density at radius 3 is 2.46 bits per heavy atom. The average molecular weight is 354 g/mol. The number of methoxy groups -OCH3 is 2. The molecule has 3 aromatic rings. The lowest BCUT2D eigenvalue weighted by Gasteiger charge is -2.10. The third-order valence-electron chi connectivity index (χ3n) is 3.57. The van der Waals surface area contributed by atoms with Crippen molar-refractivity contribution in [2.75, 3.05) is 24.9 Å². The molecule has 8 heteroatoms. The lowest BCUT2D eigenvalue weighted by Crippen LogP contribution is -2.13. The Hall–Kier alpha value is -3.55. The van der Waals surface area contributed by atoms with Gasteiger partial charge in [-0.3, -0.25) is 4.79 Å². The van der Waals surface area contributed by atoms with Gasteiger partial charge >= 0.3 is 0 Å². The highest BCUT2D eigenvalue weighted by Gasteiger charge is 2.10. The topological polar surface area (TPSA) is 98.5 Å². The third-order valence-corrected chi connectivity index (χ3v) is 3.57. The number of amides is 1. The zero-order valence-electron chi connectivity index (χ0n) is 14.4. The van der Waals surface area contributed by atoms with E-state index < -0.39 is 0 Å². The van der Waals surface area contributed by atoms with E-state index >= 15 is 0 Å². The monoisotopic (exact) mass is 354 g/mol. The van der Waals surface area contributed by atoms with Crippen LogP contribution >= 0.6 is 0 Å². The van der Waals surface area contributed by atoms with Gasteiger partial charge in [0.1, 0.15) is 5.82 Å². The smallest absolute Gasteiger partial charge is 0.292 e. The van der Waals surface area contributed by atoms with E-state index in [1.807, 2.05) is 18.2 Å². The number of anilines is 2. The van der Waals surface area contributed by atoms with Crippen molar-refractivity contribution in [1.29, 1.82) is 0 Å². The summed E-state index contributed by atoms with van der Waals surface area (Å²) in [5, 5.41) is 13.8. The Morgan fingerprint density at radius 2 is 1.81 bits per heavy atom. The maximum Gasteiger partial charge on any atom is 0.292 e. The van der Waals surface area contributed by atoms with Crippen LogP contribution in [0.25, 0.3) is 0 Å². The Bertz CT molecular complexity index is 863. The molecule has 0 radical (unpaired) electrons. The number of aromatic nitrogens is 2. The van der Waals surface area contributed by atoms with Crippen LogP contribution in [0.5, 0.6) is 11.5 Å². The molecular formula is C18H18N4O4. The van der Waals surface area contributed by atoms with Crippen LogP contribution < -0.4 is 20.1 Å². The summed E-state index contributed by atoms with van der Waals surface area (Å²) in [6.45, 7) is 0.535. The summed E-state index contributed by atoms with van der Waals surface area (Å²) in [5.41, 5.74) is 1.000. The molecule has 0 bridgehead atoms. The van der Waals surface area contributed by atoms with Crippen molar-refractivity contribution in [3.05, 3.63) is 60.1 Å². The third kappa shape index (κ3) is 4.10. The number of rotatable bonds is 7. The summed E-state index contributed by atoms with van der Waals surface area (Å²) in [7, 11) is 3.19. The summed E-state index contributed by atoms with van der Waals surface area (Å²) < 4.78 is 15.5. The molecule has 8 nitrogen and oxygen atoms in total. The van der Waals surface area contributed by atoms with Gasteiger partial charge < -0.3 is 24.5 Å². The molecule has 26 heavy (non-hydrogen) atoms. The normalized spacial score (nSPS) is 10.2. The number of hydrogen-bond acceptors (Lipinski definition) is 7. The molecule has 0 saturated heterocycles. The van der Waals surface area contributed by atoms with Crippen molar-refractivity contribution in [3.8, 4) is 11.5 Å². The van der Waals surface area contributed by atoms with Crippen LogP contribution in [-0.4, -0.2) is 30.3 Å². The van der Waals surface area contributed by atoms with Crippen molar-refractivity contribution in [3.63, 3.8) is 0 Å². The second-order valence-electron chi connectivity index (χ2n) is 5.28. The molecule has 1 amide bonds. The Labute approximate surface area is 150 Å². The molecule has 0 atom stereocenters. The van der Waals surface area contributed by atoms with Crippen LogP contribution in [0, 0.1) is 0 Å². The lowest BCUT2D eigenvalue weighted by molar-refractivity contribution is 0.0996. The van der Waals surface area contributed by atoms with Crippen molar-refractivity contribution in [1.82, 2.24) is 10.2 Å². The molecule has 0 spiro atoms. The number of furan rings is 1. The van der Waals surface area contributed by atoms with Crippen LogP contribution in [-0.2, 0) is 6.54 Å². The Morgan fingerprint density at radius 1 is 1.04 bits per heavy atom. The summed E-state index contributed by atoms with van der Waals surface area (Å²) in [6.07, 6.45) is 1.43. The quantitative estimate of drug-likeness (QED) is 0.673. The summed E-state index contributed by atoms with van der Waals surface area (Å²) >= 11 is 0. The summed E-state index contributed by atoms with van der Waals surface area (Å²) in [6, 6.07) is 12.3. The first-order chi connectivity index (χ1) is 12.7. The Kier molecular flexibility index (Phi) is 5.33. The van der Waals surface area contributed by atoms with E-state index in [1.54, 1.807) is 38.5 Å². The van der Waals surface area contributed by atoms with Crippen LogP contribution in [0.15, 0.2) is 53.1 Å². The van der Waals surface area contributed by atoms with E-state index in [0.29, 0.717) is 29.7 Å². The minimum Gasteiger partial charge on any atom is -0.493 e. The van der Waals surface area contributed by atoms with Crippen LogP contribution in [0.2, 0.25) is 0 Å². The minimum absolute atomic E-state index is 0.211. The molecule has 2 heterocycles. The highest BCUT2D eigenvalue weighted by Crippen LogP contribution is 2.27. The maximum atomic E-state index is 11.9. The summed E-state index contributed by atoms with van der Waals surface area (Å²) in [5.74, 6) is 2.08. The number of nitrogens with one attached hydrogen (secondary N) is 2. The predicted molar refractivity (Wildman–Crippen MR) is 95.6 cm³/mol. The zero-order chi connectivity index (χ0) is 18.4. The second kappa shape index (κ2) is 8.02. The van der Waals surface area contributed by atoms with E-state index in [2.05, 4.69) is 20.8 Å². The highest BCUT2D eigenvalue weighted by molar-refractivity contribution is 6.01. The first kappa shape index (κ1) is 17.3. The molecule has 3 rings (SSSR count). The van der Waals surface area contributed by atoms with Gasteiger partial charge in [0.25, 0.3) is 5.91 Å². The fraction of sp³-hybridized carbons (Fsp3) is 0.167. The largest absolute Gasteiger partial charge is 0.493 e. The average Bonchev–Trinajstić information content (AvgIpc) is 3.22. The fourth-order valence-electron chi connectivity index (χ4n) is 2.26. The maximum absolute atomic E-state index is 11.9. The first-order valence-corrected chi connectivity index (χ1v) is 7.83. The Balaban J connectivity index is 1.58. The molecule has 0 saturated carbocycles. The van der Waals surface area contributed by atoms with Crippen molar-refractivity contribution >= 4 is 17.5 Å². The van der Waals surface area contributed by atoms with Gasteiger partial charge in [-0.2, -0.15) is 0 Å². The molecular weight excluding hydrogens is 336 g/mol. The van der Waals surface area contributed by atoms with Gasteiger partial charge in [0.2, 0.25) is 0 Å². The van der Waals surface area contributed by atoms with Gasteiger partial charge in [-0.15, -0.1) is 10.2 Å². The number of ether oxygens (including phenoxy) is 2. The molecule has 0 fully saturated rings. The van der Waals surface area contributed by atoms with E-state index in [4.69, 9.17) is 13.9 Å². The van der Waals surface area contributed by atoms with Gasteiger partial charge in [-0.1, -0.05) is 6.07 Å². The van der Waals surface area contributed by atoms with E-state index in [-0.39, 0.29) is 11.7 Å². The molecule has 134 valence electrons. The van der Waals surface area contributed by atoms with E-state index in [9.17, 15) is 4.79 Å². The fourth-order valence-corrected chi connectivity index (χ4v) is 2.26. The predicted octanol–water partition coefficient (Wildman–Crippen LogP) is 2.95. The van der Waals surface area contributed by atoms with Crippen LogP contribution in [0.4, 0.5) is 11.6 Å². The molecule has 0 aliphatic carbocycles. The molecule has 0 aliphatic rings. The minimum atomic E-state index is -0.379. The van der Waals surface area contributed by atoms with Crippen molar-refractivity contribution in [2.45, 2.75) is 6.54 Å². The van der Waals surface area contributed by atoms with E-state index in [1.165, 1.54) is 6.26 Å².